The van der Waals surface area contributed by atoms with Crippen molar-refractivity contribution in [2.75, 3.05) is 33.9 Å². The maximum absolute atomic E-state index is 7.27. The molecule has 1 unspecified atom stereocenters. The van der Waals surface area contributed by atoms with E-state index in [0.717, 1.165) is 24.3 Å². The summed E-state index contributed by atoms with van der Waals surface area (Å²) in [6, 6.07) is 25.6. The Morgan fingerprint density at radius 3 is 2.03 bits per heavy atom. The van der Waals surface area contributed by atoms with Gasteiger partial charge in [-0.1, -0.05) is 93.4 Å². The van der Waals surface area contributed by atoms with E-state index in [-0.39, 0.29) is 5.04 Å². The van der Waals surface area contributed by atoms with Crippen LogP contribution in [0.5, 0.6) is 11.5 Å². The lowest BCUT2D eigenvalue weighted by Crippen LogP contribution is -2.67. The molecule has 0 saturated carbocycles. The number of terminal acetylenes is 1. The van der Waals surface area contributed by atoms with Gasteiger partial charge in [0.2, 0.25) is 0 Å². The highest BCUT2D eigenvalue weighted by Gasteiger charge is 2.51. The lowest BCUT2D eigenvalue weighted by Gasteiger charge is -2.47. The summed E-state index contributed by atoms with van der Waals surface area (Å²) in [5.74, 6) is 4.63. The summed E-state index contributed by atoms with van der Waals surface area (Å²) >= 11 is 0. The van der Waals surface area contributed by atoms with Gasteiger partial charge in [-0.05, 0) is 45.1 Å². The van der Waals surface area contributed by atoms with E-state index in [1.165, 1.54) is 15.9 Å². The highest BCUT2D eigenvalue weighted by atomic mass is 28.4. The zero-order chi connectivity index (χ0) is 28.1. The van der Waals surface area contributed by atoms with Gasteiger partial charge in [0, 0.05) is 26.1 Å². The first-order valence-corrected chi connectivity index (χ1v) is 15.5. The van der Waals surface area contributed by atoms with Crippen molar-refractivity contribution < 1.29 is 13.9 Å². The first kappa shape index (κ1) is 28.7. The summed E-state index contributed by atoms with van der Waals surface area (Å²) < 4.78 is 18.6. The Morgan fingerprint density at radius 1 is 0.974 bits per heavy atom. The molecule has 0 aliphatic carbocycles. The summed E-state index contributed by atoms with van der Waals surface area (Å²) in [5.41, 5.74) is 1.62. The molecule has 4 nitrogen and oxygen atoms in total. The monoisotopic (exact) mass is 539 g/mol. The molecule has 0 fully saturated rings. The Balaban J connectivity index is 1.80. The Kier molecular flexibility index (Phi) is 8.71. The molecule has 204 valence electrons. The van der Waals surface area contributed by atoms with Gasteiger partial charge in [0.1, 0.15) is 5.54 Å². The van der Waals surface area contributed by atoms with E-state index in [4.69, 9.17) is 20.3 Å². The number of ether oxygens (including phenoxy) is 2. The number of benzene rings is 3. The van der Waals surface area contributed by atoms with Gasteiger partial charge in [0.15, 0.2) is 11.5 Å². The van der Waals surface area contributed by atoms with Crippen LogP contribution >= 0.6 is 0 Å². The van der Waals surface area contributed by atoms with E-state index in [1.54, 1.807) is 14.2 Å². The molecule has 4 rings (SSSR count). The van der Waals surface area contributed by atoms with Crippen LogP contribution in [0.25, 0.3) is 0 Å². The first-order valence-electron chi connectivity index (χ1n) is 13.6. The third-order valence-corrected chi connectivity index (χ3v) is 13.1. The van der Waals surface area contributed by atoms with Crippen LogP contribution in [0.1, 0.15) is 38.3 Å². The maximum atomic E-state index is 7.27. The van der Waals surface area contributed by atoms with Crippen molar-refractivity contribution in [2.24, 2.45) is 0 Å². The Morgan fingerprint density at radius 2 is 1.54 bits per heavy atom. The second kappa shape index (κ2) is 11.8. The quantitative estimate of drug-likeness (QED) is 0.192. The zero-order valence-corrected chi connectivity index (χ0v) is 25.0. The molecule has 0 radical (unpaired) electrons. The summed E-state index contributed by atoms with van der Waals surface area (Å²) in [6.07, 6.45) is 9.90. The van der Waals surface area contributed by atoms with Gasteiger partial charge in [-0.25, -0.2) is 0 Å². The fourth-order valence-corrected chi connectivity index (χ4v) is 10.7. The number of hydrogen-bond acceptors (Lipinski definition) is 4. The molecule has 1 atom stereocenters. The van der Waals surface area contributed by atoms with E-state index in [9.17, 15) is 0 Å². The van der Waals surface area contributed by atoms with Crippen LogP contribution in [0.2, 0.25) is 5.04 Å². The van der Waals surface area contributed by atoms with Crippen molar-refractivity contribution in [3.63, 3.8) is 0 Å². The van der Waals surface area contributed by atoms with Gasteiger partial charge < -0.3 is 13.9 Å². The summed E-state index contributed by atoms with van der Waals surface area (Å²) in [7, 11) is 0.639. The lowest BCUT2D eigenvalue weighted by atomic mass is 9.78. The third kappa shape index (κ3) is 5.17. The molecular weight excluding hydrogens is 498 g/mol. The predicted octanol–water partition coefficient (Wildman–Crippen LogP) is 5.54. The average molecular weight is 540 g/mol. The van der Waals surface area contributed by atoms with Gasteiger partial charge in [0.25, 0.3) is 8.32 Å². The highest BCUT2D eigenvalue weighted by Crippen LogP contribution is 2.44. The second-order valence-electron chi connectivity index (χ2n) is 11.1. The number of hydrogen-bond donors (Lipinski definition) is 0. The smallest absolute Gasteiger partial charge is 0.261 e. The minimum absolute atomic E-state index is 0.110. The topological polar surface area (TPSA) is 30.9 Å². The van der Waals surface area contributed by atoms with Crippen molar-refractivity contribution in [3.05, 3.63) is 96.6 Å². The molecule has 39 heavy (non-hydrogen) atoms. The highest BCUT2D eigenvalue weighted by molar-refractivity contribution is 6.99. The molecule has 0 aromatic heterocycles. The van der Waals surface area contributed by atoms with Crippen LogP contribution in [-0.2, 0) is 16.4 Å². The Bertz CT molecular complexity index is 1270. The molecule has 1 heterocycles. The molecule has 0 N–H and O–H groups in total. The first-order chi connectivity index (χ1) is 18.8. The second-order valence-corrected chi connectivity index (χ2v) is 15.4. The van der Waals surface area contributed by atoms with Gasteiger partial charge in [-0.2, -0.15) is 0 Å². The molecule has 1 aliphatic rings. The van der Waals surface area contributed by atoms with Crippen molar-refractivity contribution in [2.45, 2.75) is 44.2 Å². The Hall–Kier alpha value is -3.30. The summed E-state index contributed by atoms with van der Waals surface area (Å²) in [6.45, 7) is 13.0. The molecule has 0 saturated heterocycles. The van der Waals surface area contributed by atoms with E-state index < -0.39 is 13.9 Å². The normalized spacial score (nSPS) is 17.6. The fraction of sp³-hybridized carbons (Fsp3) is 0.353. The lowest BCUT2D eigenvalue weighted by molar-refractivity contribution is 0.109. The number of methoxy groups -OCH3 is 2. The maximum Gasteiger partial charge on any atom is 0.261 e. The van der Waals surface area contributed by atoms with Crippen LogP contribution in [0.4, 0.5) is 0 Å². The van der Waals surface area contributed by atoms with Crippen LogP contribution in [0, 0.1) is 12.3 Å². The summed E-state index contributed by atoms with van der Waals surface area (Å²) in [5, 5.41) is 2.41. The van der Waals surface area contributed by atoms with Crippen LogP contribution in [0.15, 0.2) is 85.5 Å². The zero-order valence-electron chi connectivity index (χ0n) is 24.0. The molecule has 0 spiro atoms. The van der Waals surface area contributed by atoms with Crippen molar-refractivity contribution >= 4 is 18.7 Å². The predicted molar refractivity (Wildman–Crippen MR) is 164 cm³/mol. The van der Waals surface area contributed by atoms with Crippen molar-refractivity contribution in [1.29, 1.82) is 0 Å². The minimum Gasteiger partial charge on any atom is -0.493 e. The van der Waals surface area contributed by atoms with Gasteiger partial charge in [-0.15, -0.1) is 13.0 Å². The van der Waals surface area contributed by atoms with E-state index in [2.05, 4.69) is 111 Å². The molecule has 3 aromatic rings. The van der Waals surface area contributed by atoms with Crippen molar-refractivity contribution in [1.82, 2.24) is 4.90 Å². The molecule has 1 aliphatic heterocycles. The average Bonchev–Trinajstić information content (AvgIpc) is 2.95. The molecule has 5 heteroatoms. The Labute approximate surface area is 235 Å². The standard InChI is InChI=1S/C34H41NO3Si/c1-8-22-35-23-20-27-25-31(36-6)32(37-7)26-30(27)34(35,9-2)21-24-38-39(33(3,4)5,28-16-12-10-13-17-28)29-18-14-11-15-19-29/h2,8,10-19,25-26H,1,20-24H2,3-7H3. The van der Waals surface area contributed by atoms with E-state index >= 15 is 0 Å². The molecule has 0 amide bonds. The van der Waals surface area contributed by atoms with Gasteiger partial charge >= 0.3 is 0 Å². The van der Waals surface area contributed by atoms with Crippen LogP contribution in [0.3, 0.4) is 0 Å². The number of fused-ring (bicyclic) bond motifs is 1. The SMILES string of the molecule is C#CC1(CCO[Si](c2ccccc2)(c2ccccc2)C(C)(C)C)c2cc(OC)c(OC)cc2CCN1CC=C. The van der Waals surface area contributed by atoms with E-state index in [1.807, 2.05) is 6.08 Å². The number of nitrogens with zero attached hydrogens (tertiary/aromatic N) is 1. The van der Waals surface area contributed by atoms with Crippen LogP contribution in [-0.4, -0.2) is 47.1 Å². The molecular formula is C34H41NO3Si. The molecule has 0 bridgehead atoms. The minimum atomic E-state index is -2.70. The van der Waals surface area contributed by atoms with Gasteiger partial charge in [-0.3, -0.25) is 4.90 Å². The van der Waals surface area contributed by atoms with E-state index in [0.29, 0.717) is 25.3 Å². The fourth-order valence-electron chi connectivity index (χ4n) is 6.18. The largest absolute Gasteiger partial charge is 0.493 e. The third-order valence-electron chi connectivity index (χ3n) is 8.03. The molecule has 3 aromatic carbocycles. The van der Waals surface area contributed by atoms with Crippen LogP contribution < -0.4 is 19.8 Å². The summed E-state index contributed by atoms with van der Waals surface area (Å²) in [4.78, 5) is 2.35. The van der Waals surface area contributed by atoms with Gasteiger partial charge in [0.05, 0.1) is 14.2 Å². The number of rotatable bonds is 10. The van der Waals surface area contributed by atoms with Crippen molar-refractivity contribution in [3.8, 4) is 23.8 Å².